The molecular weight excluding hydrogens is 184 g/mol. The van der Waals surface area contributed by atoms with Gasteiger partial charge in [-0.3, -0.25) is 0 Å². The standard InChI is InChI=1S/C13H20N2/c1-3-10-4-6-12(7-5-10)15(2)13-8-11(14)9-13/h4-7,11,13H,3,8-9,14H2,1-2H3. The first kappa shape index (κ1) is 10.5. The number of hydrogen-bond acceptors (Lipinski definition) is 2. The van der Waals surface area contributed by atoms with Gasteiger partial charge in [0, 0.05) is 24.8 Å². The van der Waals surface area contributed by atoms with E-state index in [4.69, 9.17) is 5.73 Å². The maximum atomic E-state index is 5.80. The quantitative estimate of drug-likeness (QED) is 0.817. The van der Waals surface area contributed by atoms with Crippen molar-refractivity contribution in [2.45, 2.75) is 38.3 Å². The summed E-state index contributed by atoms with van der Waals surface area (Å²) in [5.41, 5.74) is 8.51. The molecule has 2 heteroatoms. The lowest BCUT2D eigenvalue weighted by Crippen LogP contribution is -2.49. The van der Waals surface area contributed by atoms with E-state index in [9.17, 15) is 0 Å². The number of anilines is 1. The zero-order valence-electron chi connectivity index (χ0n) is 9.61. The van der Waals surface area contributed by atoms with Gasteiger partial charge in [-0.1, -0.05) is 19.1 Å². The zero-order valence-corrected chi connectivity index (χ0v) is 9.61. The summed E-state index contributed by atoms with van der Waals surface area (Å²) in [7, 11) is 2.16. The second-order valence-electron chi connectivity index (χ2n) is 4.52. The van der Waals surface area contributed by atoms with Crippen LogP contribution in [0.4, 0.5) is 5.69 Å². The highest BCUT2D eigenvalue weighted by atomic mass is 15.1. The number of aryl methyl sites for hydroxylation is 1. The minimum Gasteiger partial charge on any atom is -0.371 e. The number of nitrogens with two attached hydrogens (primary N) is 1. The number of rotatable bonds is 3. The van der Waals surface area contributed by atoms with Crippen LogP contribution in [-0.2, 0) is 6.42 Å². The van der Waals surface area contributed by atoms with Gasteiger partial charge in [-0.25, -0.2) is 0 Å². The van der Waals surface area contributed by atoms with Crippen LogP contribution in [0.2, 0.25) is 0 Å². The Balaban J connectivity index is 2.02. The first-order valence-corrected chi connectivity index (χ1v) is 5.78. The molecule has 0 bridgehead atoms. The molecule has 15 heavy (non-hydrogen) atoms. The summed E-state index contributed by atoms with van der Waals surface area (Å²) in [6, 6.07) is 9.92. The molecule has 1 aliphatic rings. The molecular formula is C13H20N2. The second kappa shape index (κ2) is 4.23. The largest absolute Gasteiger partial charge is 0.371 e. The molecule has 82 valence electrons. The van der Waals surface area contributed by atoms with Crippen molar-refractivity contribution in [3.8, 4) is 0 Å². The van der Waals surface area contributed by atoms with Crippen molar-refractivity contribution in [3.05, 3.63) is 29.8 Å². The van der Waals surface area contributed by atoms with E-state index in [0.29, 0.717) is 12.1 Å². The topological polar surface area (TPSA) is 29.3 Å². The first-order chi connectivity index (χ1) is 7.20. The van der Waals surface area contributed by atoms with Crippen molar-refractivity contribution in [3.63, 3.8) is 0 Å². The van der Waals surface area contributed by atoms with Gasteiger partial charge in [0.1, 0.15) is 0 Å². The fourth-order valence-corrected chi connectivity index (χ4v) is 2.12. The Morgan fingerprint density at radius 2 is 1.87 bits per heavy atom. The van der Waals surface area contributed by atoms with Crippen LogP contribution in [0.25, 0.3) is 0 Å². The maximum absolute atomic E-state index is 5.80. The van der Waals surface area contributed by atoms with E-state index in [0.717, 1.165) is 19.3 Å². The Bertz CT molecular complexity index is 312. The Hall–Kier alpha value is -1.02. The van der Waals surface area contributed by atoms with E-state index >= 15 is 0 Å². The van der Waals surface area contributed by atoms with Gasteiger partial charge < -0.3 is 10.6 Å². The third-order valence-electron chi connectivity index (χ3n) is 3.45. The smallest absolute Gasteiger partial charge is 0.0366 e. The van der Waals surface area contributed by atoms with E-state index in [2.05, 4.69) is 43.1 Å². The summed E-state index contributed by atoms with van der Waals surface area (Å²) in [6.07, 6.45) is 3.37. The summed E-state index contributed by atoms with van der Waals surface area (Å²) in [5, 5.41) is 0. The fraction of sp³-hybridized carbons (Fsp3) is 0.538. The van der Waals surface area contributed by atoms with Crippen molar-refractivity contribution in [1.29, 1.82) is 0 Å². The van der Waals surface area contributed by atoms with Gasteiger partial charge >= 0.3 is 0 Å². The lowest BCUT2D eigenvalue weighted by atomic mass is 9.86. The summed E-state index contributed by atoms with van der Waals surface area (Å²) < 4.78 is 0. The van der Waals surface area contributed by atoms with Gasteiger partial charge in [0.2, 0.25) is 0 Å². The molecule has 0 atom stereocenters. The minimum atomic E-state index is 0.423. The normalized spacial score (nSPS) is 24.7. The molecule has 2 rings (SSSR count). The van der Waals surface area contributed by atoms with E-state index in [-0.39, 0.29) is 0 Å². The second-order valence-corrected chi connectivity index (χ2v) is 4.52. The zero-order chi connectivity index (χ0) is 10.8. The van der Waals surface area contributed by atoms with Crippen molar-refractivity contribution in [2.24, 2.45) is 5.73 Å². The highest BCUT2D eigenvalue weighted by molar-refractivity contribution is 5.48. The van der Waals surface area contributed by atoms with Gasteiger partial charge in [-0.05, 0) is 37.0 Å². The predicted molar refractivity (Wildman–Crippen MR) is 65.2 cm³/mol. The van der Waals surface area contributed by atoms with Gasteiger partial charge in [0.25, 0.3) is 0 Å². The molecule has 2 N–H and O–H groups in total. The van der Waals surface area contributed by atoms with Crippen LogP contribution in [0.5, 0.6) is 0 Å². The molecule has 0 saturated heterocycles. The van der Waals surface area contributed by atoms with Crippen LogP contribution in [-0.4, -0.2) is 19.1 Å². The fourth-order valence-electron chi connectivity index (χ4n) is 2.12. The molecule has 0 aliphatic heterocycles. The molecule has 1 aromatic rings. The Morgan fingerprint density at radius 3 is 2.33 bits per heavy atom. The highest BCUT2D eigenvalue weighted by Gasteiger charge is 2.29. The number of nitrogens with zero attached hydrogens (tertiary/aromatic N) is 1. The maximum Gasteiger partial charge on any atom is 0.0366 e. The van der Waals surface area contributed by atoms with Gasteiger partial charge in [0.15, 0.2) is 0 Å². The van der Waals surface area contributed by atoms with Gasteiger partial charge in [-0.15, -0.1) is 0 Å². The molecule has 1 aliphatic carbocycles. The first-order valence-electron chi connectivity index (χ1n) is 5.78. The summed E-state index contributed by atoms with van der Waals surface area (Å²) >= 11 is 0. The Kier molecular flexibility index (Phi) is 2.96. The lowest BCUT2D eigenvalue weighted by molar-refractivity contribution is 0.340. The van der Waals surface area contributed by atoms with E-state index in [1.54, 1.807) is 0 Å². The van der Waals surface area contributed by atoms with Crippen LogP contribution in [0, 0.1) is 0 Å². The van der Waals surface area contributed by atoms with Crippen LogP contribution in [0.15, 0.2) is 24.3 Å². The predicted octanol–water partition coefficient (Wildman–Crippen LogP) is 2.17. The Labute approximate surface area is 92.1 Å². The number of hydrogen-bond donors (Lipinski definition) is 1. The Morgan fingerprint density at radius 1 is 1.27 bits per heavy atom. The molecule has 1 aromatic carbocycles. The SMILES string of the molecule is CCc1ccc(N(C)C2CC(N)C2)cc1. The minimum absolute atomic E-state index is 0.423. The highest BCUT2D eigenvalue weighted by Crippen LogP contribution is 2.27. The molecule has 0 heterocycles. The van der Waals surface area contributed by atoms with E-state index < -0.39 is 0 Å². The van der Waals surface area contributed by atoms with E-state index in [1.165, 1.54) is 11.3 Å². The number of benzene rings is 1. The molecule has 0 amide bonds. The molecule has 0 spiro atoms. The van der Waals surface area contributed by atoms with Gasteiger partial charge in [0.05, 0.1) is 0 Å². The van der Waals surface area contributed by atoms with Crippen LogP contribution in [0.3, 0.4) is 0 Å². The molecule has 1 saturated carbocycles. The van der Waals surface area contributed by atoms with Crippen LogP contribution >= 0.6 is 0 Å². The van der Waals surface area contributed by atoms with Crippen molar-refractivity contribution in [1.82, 2.24) is 0 Å². The monoisotopic (exact) mass is 204 g/mol. The molecule has 0 unspecified atom stereocenters. The molecule has 0 radical (unpaired) electrons. The lowest BCUT2D eigenvalue weighted by Gasteiger charge is -2.40. The van der Waals surface area contributed by atoms with Gasteiger partial charge in [-0.2, -0.15) is 0 Å². The van der Waals surface area contributed by atoms with E-state index in [1.807, 2.05) is 0 Å². The summed E-state index contributed by atoms with van der Waals surface area (Å²) in [6.45, 7) is 2.18. The third kappa shape index (κ3) is 2.15. The molecule has 0 aromatic heterocycles. The van der Waals surface area contributed by atoms with Crippen molar-refractivity contribution >= 4 is 5.69 Å². The molecule has 2 nitrogen and oxygen atoms in total. The molecule has 1 fully saturated rings. The summed E-state index contributed by atoms with van der Waals surface area (Å²) in [4.78, 5) is 2.35. The average molecular weight is 204 g/mol. The van der Waals surface area contributed by atoms with Crippen LogP contribution < -0.4 is 10.6 Å². The third-order valence-corrected chi connectivity index (χ3v) is 3.45. The van der Waals surface area contributed by atoms with Crippen molar-refractivity contribution < 1.29 is 0 Å². The van der Waals surface area contributed by atoms with Crippen LogP contribution in [0.1, 0.15) is 25.3 Å². The summed E-state index contributed by atoms with van der Waals surface area (Å²) in [5.74, 6) is 0. The van der Waals surface area contributed by atoms with Crippen molar-refractivity contribution in [2.75, 3.05) is 11.9 Å². The average Bonchev–Trinajstić information content (AvgIpc) is 2.24.